The molecule has 1 rings (SSSR count). The van der Waals surface area contributed by atoms with Gasteiger partial charge in [0.1, 0.15) is 6.20 Å². The summed E-state index contributed by atoms with van der Waals surface area (Å²) < 4.78 is 5.54. The van der Waals surface area contributed by atoms with Crippen LogP contribution in [0.5, 0.6) is 5.88 Å². The zero-order chi connectivity index (χ0) is 11.6. The van der Waals surface area contributed by atoms with E-state index in [4.69, 9.17) is 0 Å². The molecule has 1 heterocycles. The molecule has 0 unspecified atom stereocenters. The number of hydrogen-bond donors (Lipinski definition) is 0. The third-order valence-electron chi connectivity index (χ3n) is 1.81. The minimum atomic E-state index is -1.38. The average Bonchev–Trinajstić information content (AvgIpc) is 2.59. The van der Waals surface area contributed by atoms with Crippen molar-refractivity contribution in [2.75, 3.05) is 7.11 Å². The molecule has 0 aromatic carbocycles. The minimum absolute atomic E-state index is 0.229. The van der Waals surface area contributed by atoms with Crippen LogP contribution in [0.2, 0.25) is 0 Å². The number of carbonyl (C=O) groups excluding carboxylic acids is 1. The first kappa shape index (κ1) is 11.0. The highest BCUT2D eigenvalue weighted by molar-refractivity contribution is 5.69. The quantitative estimate of drug-likeness (QED) is 0.475. The topological polar surface area (TPSA) is 110 Å². The number of aliphatic carboxylic acids is 1. The van der Waals surface area contributed by atoms with E-state index >= 15 is 0 Å². The van der Waals surface area contributed by atoms with Crippen LogP contribution in [-0.4, -0.2) is 27.8 Å². The van der Waals surface area contributed by atoms with Gasteiger partial charge < -0.3 is 14.6 Å². The maximum atomic E-state index is 10.5. The van der Waals surface area contributed by atoms with Crippen molar-refractivity contribution in [3.8, 4) is 5.88 Å². The summed E-state index contributed by atoms with van der Waals surface area (Å²) in [5.41, 5.74) is -0.384. The van der Waals surface area contributed by atoms with Crippen molar-refractivity contribution in [3.05, 3.63) is 16.3 Å². The number of nitro groups is 1. The van der Waals surface area contributed by atoms with Gasteiger partial charge in [-0.3, -0.25) is 14.8 Å². The van der Waals surface area contributed by atoms with Crippen molar-refractivity contribution in [1.82, 2.24) is 9.78 Å². The van der Waals surface area contributed by atoms with Gasteiger partial charge in [0, 0.05) is 0 Å². The van der Waals surface area contributed by atoms with E-state index in [1.54, 1.807) is 0 Å². The molecule has 1 aromatic heterocycles. The Hall–Kier alpha value is -2.12. The highest BCUT2D eigenvalue weighted by Crippen LogP contribution is 2.25. The van der Waals surface area contributed by atoms with E-state index in [1.165, 1.54) is 14.0 Å². The van der Waals surface area contributed by atoms with Crippen LogP contribution in [-0.2, 0) is 4.79 Å². The predicted molar refractivity (Wildman–Crippen MR) is 45.2 cm³/mol. The predicted octanol–water partition coefficient (Wildman–Crippen LogP) is -0.889. The molecular formula is C7H8N3O5-. The first-order valence-corrected chi connectivity index (χ1v) is 3.95. The number of methoxy groups -OCH3 is 1. The zero-order valence-corrected chi connectivity index (χ0v) is 8.04. The Balaban J connectivity index is 3.13. The largest absolute Gasteiger partial charge is 0.548 e. The highest BCUT2D eigenvalue weighted by atomic mass is 16.6. The van der Waals surface area contributed by atoms with E-state index in [0.29, 0.717) is 0 Å². The van der Waals surface area contributed by atoms with Gasteiger partial charge in [0.15, 0.2) is 0 Å². The van der Waals surface area contributed by atoms with E-state index in [1.807, 2.05) is 0 Å². The standard InChI is InChI=1S/C7H9N3O5/c1-4(7(11)12)9-3-5(10(13)14)6(8-9)15-2/h3-4H,1-2H3,(H,11,12)/p-1/t4-/m0/s1. The Morgan fingerprint density at radius 1 is 1.73 bits per heavy atom. The van der Waals surface area contributed by atoms with Gasteiger partial charge in [0.2, 0.25) is 0 Å². The Morgan fingerprint density at radius 2 is 2.33 bits per heavy atom. The lowest BCUT2D eigenvalue weighted by Gasteiger charge is -2.11. The molecule has 8 heteroatoms. The van der Waals surface area contributed by atoms with Crippen LogP contribution in [0.1, 0.15) is 13.0 Å². The molecule has 0 radical (unpaired) electrons. The molecule has 0 N–H and O–H groups in total. The van der Waals surface area contributed by atoms with Crippen molar-refractivity contribution in [2.24, 2.45) is 0 Å². The van der Waals surface area contributed by atoms with Crippen molar-refractivity contribution < 1.29 is 19.6 Å². The molecule has 0 saturated heterocycles. The maximum absolute atomic E-state index is 10.5. The molecule has 0 aliphatic carbocycles. The van der Waals surface area contributed by atoms with Gasteiger partial charge >= 0.3 is 11.6 Å². The van der Waals surface area contributed by atoms with Crippen molar-refractivity contribution in [1.29, 1.82) is 0 Å². The summed E-state index contributed by atoms with van der Waals surface area (Å²) in [7, 11) is 1.21. The fourth-order valence-corrected chi connectivity index (χ4v) is 0.943. The number of aromatic nitrogens is 2. The molecule has 0 spiro atoms. The summed E-state index contributed by atoms with van der Waals surface area (Å²) in [6, 6.07) is -1.09. The Labute approximate surface area is 84.2 Å². The number of nitrogens with zero attached hydrogens (tertiary/aromatic N) is 3. The second kappa shape index (κ2) is 3.95. The van der Waals surface area contributed by atoms with Crippen LogP contribution in [0, 0.1) is 10.1 Å². The van der Waals surface area contributed by atoms with Crippen LogP contribution in [0.25, 0.3) is 0 Å². The average molecular weight is 214 g/mol. The van der Waals surface area contributed by atoms with Gasteiger partial charge in [-0.2, -0.15) is 0 Å². The zero-order valence-electron chi connectivity index (χ0n) is 8.04. The van der Waals surface area contributed by atoms with Gasteiger partial charge in [-0.05, 0) is 6.92 Å². The molecule has 1 aromatic rings. The molecule has 8 nitrogen and oxygen atoms in total. The van der Waals surface area contributed by atoms with Gasteiger partial charge in [0.05, 0.1) is 24.0 Å². The van der Waals surface area contributed by atoms with E-state index < -0.39 is 16.9 Å². The number of carbonyl (C=O) groups is 1. The monoisotopic (exact) mass is 214 g/mol. The summed E-state index contributed by atoms with van der Waals surface area (Å²) in [5, 5.41) is 24.6. The lowest BCUT2D eigenvalue weighted by Crippen LogP contribution is -2.31. The SMILES string of the molecule is COc1nn([C@@H](C)C(=O)[O-])cc1[N+](=O)[O-]. The molecular weight excluding hydrogens is 206 g/mol. The molecule has 0 saturated carbocycles. The van der Waals surface area contributed by atoms with Crippen LogP contribution in [0.3, 0.4) is 0 Å². The summed E-state index contributed by atoms with van der Waals surface area (Å²) >= 11 is 0. The Kier molecular flexibility index (Phi) is 2.88. The smallest absolute Gasteiger partial charge is 0.350 e. The Morgan fingerprint density at radius 3 is 2.67 bits per heavy atom. The lowest BCUT2D eigenvalue weighted by atomic mass is 10.3. The number of carboxylic acid groups (broad SMARTS) is 1. The van der Waals surface area contributed by atoms with Crippen molar-refractivity contribution >= 4 is 11.7 Å². The first-order chi connectivity index (χ1) is 6.97. The summed E-state index contributed by atoms with van der Waals surface area (Å²) in [5.74, 6) is -1.61. The van der Waals surface area contributed by atoms with E-state index in [0.717, 1.165) is 10.9 Å². The van der Waals surface area contributed by atoms with Gasteiger partial charge in [-0.25, -0.2) is 0 Å². The molecule has 0 bridgehead atoms. The second-order valence-corrected chi connectivity index (χ2v) is 2.76. The fourth-order valence-electron chi connectivity index (χ4n) is 0.943. The lowest BCUT2D eigenvalue weighted by molar-refractivity contribution is -0.385. The molecule has 82 valence electrons. The second-order valence-electron chi connectivity index (χ2n) is 2.76. The Bertz CT molecular complexity index is 399. The molecule has 0 aliphatic rings. The normalized spacial score (nSPS) is 12.1. The molecule has 1 atom stereocenters. The van der Waals surface area contributed by atoms with Crippen LogP contribution in [0.15, 0.2) is 6.20 Å². The summed E-state index contributed by atoms with van der Waals surface area (Å²) in [6.45, 7) is 1.30. The summed E-state index contributed by atoms with van der Waals surface area (Å²) in [6.07, 6.45) is 0.985. The van der Waals surface area contributed by atoms with E-state index in [9.17, 15) is 20.0 Å². The first-order valence-electron chi connectivity index (χ1n) is 3.95. The highest BCUT2D eigenvalue weighted by Gasteiger charge is 2.22. The molecule has 15 heavy (non-hydrogen) atoms. The van der Waals surface area contributed by atoms with Crippen molar-refractivity contribution in [2.45, 2.75) is 13.0 Å². The number of hydrogen-bond acceptors (Lipinski definition) is 6. The number of carboxylic acids is 1. The molecule has 0 amide bonds. The van der Waals surface area contributed by atoms with Gasteiger partial charge in [-0.15, -0.1) is 5.10 Å². The maximum Gasteiger partial charge on any atom is 0.350 e. The third kappa shape index (κ3) is 2.03. The number of rotatable bonds is 4. The number of ether oxygens (including phenoxy) is 1. The molecule has 0 fully saturated rings. The fraction of sp³-hybridized carbons (Fsp3) is 0.429. The van der Waals surface area contributed by atoms with Crippen LogP contribution < -0.4 is 9.84 Å². The van der Waals surface area contributed by atoms with Crippen LogP contribution in [0.4, 0.5) is 5.69 Å². The van der Waals surface area contributed by atoms with E-state index in [-0.39, 0.29) is 11.6 Å². The molecule has 0 aliphatic heterocycles. The minimum Gasteiger partial charge on any atom is -0.548 e. The van der Waals surface area contributed by atoms with Crippen LogP contribution >= 0.6 is 0 Å². The van der Waals surface area contributed by atoms with E-state index in [2.05, 4.69) is 9.84 Å². The van der Waals surface area contributed by atoms with Crippen molar-refractivity contribution in [3.63, 3.8) is 0 Å². The third-order valence-corrected chi connectivity index (χ3v) is 1.81. The van der Waals surface area contributed by atoms with Gasteiger partial charge in [0.25, 0.3) is 0 Å². The summed E-state index contributed by atoms with van der Waals surface area (Å²) in [4.78, 5) is 20.3. The van der Waals surface area contributed by atoms with Gasteiger partial charge in [-0.1, -0.05) is 0 Å².